The molecule has 2 unspecified atom stereocenters. The summed E-state index contributed by atoms with van der Waals surface area (Å²) in [5, 5.41) is 3.40. The molecule has 18 heavy (non-hydrogen) atoms. The van der Waals surface area contributed by atoms with Crippen molar-refractivity contribution < 1.29 is 0 Å². The first-order chi connectivity index (χ1) is 8.72. The molecule has 2 atom stereocenters. The van der Waals surface area contributed by atoms with Gasteiger partial charge in [-0.1, -0.05) is 19.3 Å². The van der Waals surface area contributed by atoms with Gasteiger partial charge in [0.15, 0.2) is 0 Å². The molecule has 0 amide bonds. The standard InChI is InChI=1S/C15H31N3/c1-13-9-10-18(14-7-5-4-6-8-14)15(11-16-2)12-17(13)3/h13-16H,4-12H2,1-3H3. The molecule has 1 saturated heterocycles. The van der Waals surface area contributed by atoms with Gasteiger partial charge in [0, 0.05) is 37.8 Å². The van der Waals surface area contributed by atoms with Crippen molar-refractivity contribution in [3.05, 3.63) is 0 Å². The van der Waals surface area contributed by atoms with Crippen LogP contribution >= 0.6 is 0 Å². The normalized spacial score (nSPS) is 33.5. The van der Waals surface area contributed by atoms with Crippen molar-refractivity contribution in [2.75, 3.05) is 33.7 Å². The second-order valence-electron chi connectivity index (χ2n) is 6.32. The summed E-state index contributed by atoms with van der Waals surface area (Å²) in [6.07, 6.45) is 8.53. The molecule has 1 aliphatic carbocycles. The second-order valence-corrected chi connectivity index (χ2v) is 6.32. The molecular formula is C15H31N3. The van der Waals surface area contributed by atoms with Crippen molar-refractivity contribution in [1.29, 1.82) is 0 Å². The van der Waals surface area contributed by atoms with E-state index in [1.54, 1.807) is 0 Å². The van der Waals surface area contributed by atoms with E-state index in [1.807, 2.05) is 0 Å². The van der Waals surface area contributed by atoms with E-state index in [1.165, 1.54) is 51.6 Å². The Morgan fingerprint density at radius 1 is 1.11 bits per heavy atom. The lowest BCUT2D eigenvalue weighted by atomic mass is 9.93. The Kier molecular flexibility index (Phi) is 5.46. The zero-order valence-corrected chi connectivity index (χ0v) is 12.5. The Hall–Kier alpha value is -0.120. The average molecular weight is 253 g/mol. The van der Waals surface area contributed by atoms with Crippen molar-refractivity contribution in [1.82, 2.24) is 15.1 Å². The van der Waals surface area contributed by atoms with Crippen LogP contribution in [0.3, 0.4) is 0 Å². The summed E-state index contributed by atoms with van der Waals surface area (Å²) in [5.74, 6) is 0. The summed E-state index contributed by atoms with van der Waals surface area (Å²) in [6, 6.07) is 2.29. The highest BCUT2D eigenvalue weighted by Gasteiger charge is 2.31. The smallest absolute Gasteiger partial charge is 0.0350 e. The first kappa shape index (κ1) is 14.3. The van der Waals surface area contributed by atoms with Gasteiger partial charge >= 0.3 is 0 Å². The maximum atomic E-state index is 3.40. The molecule has 0 radical (unpaired) electrons. The number of nitrogens with one attached hydrogen (secondary N) is 1. The fraction of sp³-hybridized carbons (Fsp3) is 1.00. The lowest BCUT2D eigenvalue weighted by molar-refractivity contribution is 0.103. The van der Waals surface area contributed by atoms with Crippen LogP contribution in [0.25, 0.3) is 0 Å². The lowest BCUT2D eigenvalue weighted by Crippen LogP contribution is -2.51. The Morgan fingerprint density at radius 3 is 2.50 bits per heavy atom. The number of rotatable bonds is 3. The molecular weight excluding hydrogens is 222 g/mol. The summed E-state index contributed by atoms with van der Waals surface area (Å²) in [6.45, 7) is 6.02. The number of likely N-dealkylation sites (N-methyl/N-ethyl adjacent to an activating group) is 2. The van der Waals surface area contributed by atoms with Crippen LogP contribution in [-0.4, -0.2) is 61.7 Å². The van der Waals surface area contributed by atoms with Gasteiger partial charge in [0.25, 0.3) is 0 Å². The Balaban J connectivity index is 2.03. The summed E-state index contributed by atoms with van der Waals surface area (Å²) in [5.41, 5.74) is 0. The molecule has 2 rings (SSSR count). The van der Waals surface area contributed by atoms with Crippen LogP contribution < -0.4 is 5.32 Å². The highest BCUT2D eigenvalue weighted by atomic mass is 15.3. The predicted octanol–water partition coefficient (Wildman–Crippen LogP) is 1.93. The fourth-order valence-corrected chi connectivity index (χ4v) is 3.67. The van der Waals surface area contributed by atoms with Crippen LogP contribution in [-0.2, 0) is 0 Å². The minimum atomic E-state index is 0.702. The third-order valence-corrected chi connectivity index (χ3v) is 5.01. The first-order valence-corrected chi connectivity index (χ1v) is 7.83. The number of hydrogen-bond donors (Lipinski definition) is 1. The topological polar surface area (TPSA) is 18.5 Å². The fourth-order valence-electron chi connectivity index (χ4n) is 3.67. The van der Waals surface area contributed by atoms with E-state index < -0.39 is 0 Å². The monoisotopic (exact) mass is 253 g/mol. The van der Waals surface area contributed by atoms with Crippen LogP contribution in [0.1, 0.15) is 45.4 Å². The van der Waals surface area contributed by atoms with E-state index in [4.69, 9.17) is 0 Å². The summed E-state index contributed by atoms with van der Waals surface area (Å²) in [4.78, 5) is 5.38. The van der Waals surface area contributed by atoms with Gasteiger partial charge in [-0.15, -0.1) is 0 Å². The van der Waals surface area contributed by atoms with Crippen molar-refractivity contribution >= 4 is 0 Å². The van der Waals surface area contributed by atoms with Gasteiger partial charge < -0.3 is 10.2 Å². The zero-order valence-electron chi connectivity index (χ0n) is 12.5. The van der Waals surface area contributed by atoms with Gasteiger partial charge in [-0.25, -0.2) is 0 Å². The summed E-state index contributed by atoms with van der Waals surface area (Å²) >= 11 is 0. The van der Waals surface area contributed by atoms with E-state index >= 15 is 0 Å². The average Bonchev–Trinajstić information content (AvgIpc) is 2.52. The van der Waals surface area contributed by atoms with E-state index in [0.29, 0.717) is 6.04 Å². The SMILES string of the molecule is CNCC1CN(C)C(C)CCN1C1CCCCC1. The van der Waals surface area contributed by atoms with Crippen molar-refractivity contribution in [2.24, 2.45) is 0 Å². The molecule has 3 heteroatoms. The Bertz CT molecular complexity index is 238. The Labute approximate surface area is 113 Å². The maximum Gasteiger partial charge on any atom is 0.0350 e. The predicted molar refractivity (Wildman–Crippen MR) is 78.0 cm³/mol. The second kappa shape index (κ2) is 6.88. The van der Waals surface area contributed by atoms with Crippen LogP contribution in [0.2, 0.25) is 0 Å². The largest absolute Gasteiger partial charge is 0.318 e. The molecule has 1 N–H and O–H groups in total. The highest BCUT2D eigenvalue weighted by molar-refractivity contribution is 4.88. The minimum absolute atomic E-state index is 0.702. The van der Waals surface area contributed by atoms with E-state index in [-0.39, 0.29) is 0 Å². The molecule has 1 heterocycles. The lowest BCUT2D eigenvalue weighted by Gasteiger charge is -2.39. The van der Waals surface area contributed by atoms with Gasteiger partial charge in [0.2, 0.25) is 0 Å². The van der Waals surface area contributed by atoms with Gasteiger partial charge in [-0.3, -0.25) is 4.90 Å². The third kappa shape index (κ3) is 3.46. The molecule has 106 valence electrons. The minimum Gasteiger partial charge on any atom is -0.318 e. The molecule has 0 aromatic heterocycles. The molecule has 2 aliphatic rings. The summed E-state index contributed by atoms with van der Waals surface area (Å²) < 4.78 is 0. The van der Waals surface area contributed by atoms with Gasteiger partial charge in [-0.05, 0) is 40.3 Å². The molecule has 0 aromatic rings. The number of hydrogen-bond acceptors (Lipinski definition) is 3. The molecule has 3 nitrogen and oxygen atoms in total. The molecule has 2 fully saturated rings. The highest BCUT2D eigenvalue weighted by Crippen LogP contribution is 2.26. The van der Waals surface area contributed by atoms with Crippen molar-refractivity contribution in [2.45, 2.75) is 63.6 Å². The van der Waals surface area contributed by atoms with E-state index in [9.17, 15) is 0 Å². The van der Waals surface area contributed by atoms with Crippen LogP contribution in [0.4, 0.5) is 0 Å². The molecule has 0 spiro atoms. The molecule has 0 bridgehead atoms. The summed E-state index contributed by atoms with van der Waals surface area (Å²) in [7, 11) is 4.38. The van der Waals surface area contributed by atoms with E-state index in [2.05, 4.69) is 36.1 Å². The molecule has 1 saturated carbocycles. The number of nitrogens with zero attached hydrogens (tertiary/aromatic N) is 2. The van der Waals surface area contributed by atoms with Crippen LogP contribution in [0.15, 0.2) is 0 Å². The molecule has 1 aliphatic heterocycles. The van der Waals surface area contributed by atoms with Gasteiger partial charge in [-0.2, -0.15) is 0 Å². The van der Waals surface area contributed by atoms with Crippen LogP contribution in [0, 0.1) is 0 Å². The zero-order chi connectivity index (χ0) is 13.0. The molecule has 0 aromatic carbocycles. The van der Waals surface area contributed by atoms with Crippen LogP contribution in [0.5, 0.6) is 0 Å². The third-order valence-electron chi connectivity index (χ3n) is 5.01. The van der Waals surface area contributed by atoms with Crippen molar-refractivity contribution in [3.63, 3.8) is 0 Å². The van der Waals surface area contributed by atoms with Crippen molar-refractivity contribution in [3.8, 4) is 0 Å². The maximum absolute atomic E-state index is 3.40. The van der Waals surface area contributed by atoms with Gasteiger partial charge in [0.05, 0.1) is 0 Å². The first-order valence-electron chi connectivity index (χ1n) is 7.83. The van der Waals surface area contributed by atoms with Gasteiger partial charge in [0.1, 0.15) is 0 Å². The Morgan fingerprint density at radius 2 is 1.83 bits per heavy atom. The van der Waals surface area contributed by atoms with E-state index in [0.717, 1.165) is 18.6 Å². The quantitative estimate of drug-likeness (QED) is 0.829.